The van der Waals surface area contributed by atoms with E-state index in [-0.39, 0.29) is 18.4 Å². The van der Waals surface area contributed by atoms with E-state index in [1.807, 2.05) is 41.3 Å². The summed E-state index contributed by atoms with van der Waals surface area (Å²) in [5.41, 5.74) is 3.14. The van der Waals surface area contributed by atoms with Crippen LogP contribution in [0.2, 0.25) is 0 Å². The molecule has 146 valence electrons. The highest BCUT2D eigenvalue weighted by atomic mass is 16.3. The molecular formula is C24H28N2O2. The second kappa shape index (κ2) is 8.19. The van der Waals surface area contributed by atoms with E-state index in [0.717, 1.165) is 42.5 Å². The van der Waals surface area contributed by atoms with Crippen molar-refractivity contribution in [3.63, 3.8) is 0 Å². The number of aryl methyl sites for hydroxylation is 1. The minimum Gasteiger partial charge on any atom is -0.396 e. The highest BCUT2D eigenvalue weighted by Gasteiger charge is 2.33. The predicted molar refractivity (Wildman–Crippen MR) is 113 cm³/mol. The second-order valence-corrected chi connectivity index (χ2v) is 7.74. The van der Waals surface area contributed by atoms with Gasteiger partial charge in [-0.2, -0.15) is 0 Å². The lowest BCUT2D eigenvalue weighted by Crippen LogP contribution is -2.44. The number of nitrogens with zero attached hydrogens (tertiary/aromatic N) is 2. The van der Waals surface area contributed by atoms with Crippen LogP contribution in [0.5, 0.6) is 0 Å². The van der Waals surface area contributed by atoms with Crippen LogP contribution in [0.15, 0.2) is 60.7 Å². The van der Waals surface area contributed by atoms with Crippen LogP contribution in [0.3, 0.4) is 0 Å². The Morgan fingerprint density at radius 2 is 1.86 bits per heavy atom. The fourth-order valence-corrected chi connectivity index (χ4v) is 4.55. The van der Waals surface area contributed by atoms with E-state index in [1.54, 1.807) is 0 Å². The zero-order chi connectivity index (χ0) is 19.5. The van der Waals surface area contributed by atoms with Crippen LogP contribution < -0.4 is 0 Å². The summed E-state index contributed by atoms with van der Waals surface area (Å²) in [7, 11) is 0. The Kier molecular flexibility index (Phi) is 5.49. The summed E-state index contributed by atoms with van der Waals surface area (Å²) < 4.78 is 2.15. The highest BCUT2D eigenvalue weighted by molar-refractivity contribution is 5.98. The van der Waals surface area contributed by atoms with Gasteiger partial charge in [0, 0.05) is 43.1 Å². The van der Waals surface area contributed by atoms with Crippen molar-refractivity contribution < 1.29 is 9.90 Å². The molecule has 2 heterocycles. The maximum Gasteiger partial charge on any atom is 0.270 e. The Labute approximate surface area is 166 Å². The Balaban J connectivity index is 1.59. The second-order valence-electron chi connectivity index (χ2n) is 7.74. The minimum atomic E-state index is 0.0732. The van der Waals surface area contributed by atoms with E-state index in [9.17, 15) is 9.90 Å². The normalized spacial score (nSPS) is 19.9. The van der Waals surface area contributed by atoms with E-state index < -0.39 is 0 Å². The predicted octanol–water partition coefficient (Wildman–Crippen LogP) is 4.29. The molecule has 0 radical (unpaired) electrons. The van der Waals surface area contributed by atoms with Gasteiger partial charge < -0.3 is 14.6 Å². The van der Waals surface area contributed by atoms with Crippen molar-refractivity contribution in [3.8, 4) is 0 Å². The van der Waals surface area contributed by atoms with Crippen LogP contribution in [0.25, 0.3) is 10.9 Å². The molecule has 1 aliphatic heterocycles. The van der Waals surface area contributed by atoms with E-state index >= 15 is 0 Å². The van der Waals surface area contributed by atoms with Gasteiger partial charge in [0.05, 0.1) is 0 Å². The third-order valence-corrected chi connectivity index (χ3v) is 5.96. The number of carbonyl (C=O) groups excluding carboxylic acids is 1. The van der Waals surface area contributed by atoms with Gasteiger partial charge in [0.25, 0.3) is 5.91 Å². The molecule has 0 bridgehead atoms. The van der Waals surface area contributed by atoms with Gasteiger partial charge in [-0.25, -0.2) is 0 Å². The summed E-state index contributed by atoms with van der Waals surface area (Å²) in [4.78, 5) is 15.3. The number of aromatic nitrogens is 1. The lowest BCUT2D eigenvalue weighted by molar-refractivity contribution is 0.0568. The minimum absolute atomic E-state index is 0.0732. The Morgan fingerprint density at radius 3 is 2.61 bits per heavy atom. The fourth-order valence-electron chi connectivity index (χ4n) is 4.55. The molecule has 2 atom stereocenters. The van der Waals surface area contributed by atoms with Crippen molar-refractivity contribution in [1.82, 2.24) is 9.47 Å². The molecule has 2 aromatic carbocycles. The average Bonchev–Trinajstić information content (AvgIpc) is 3.12. The van der Waals surface area contributed by atoms with Crippen molar-refractivity contribution >= 4 is 16.8 Å². The van der Waals surface area contributed by atoms with Gasteiger partial charge in [-0.05, 0) is 36.5 Å². The van der Waals surface area contributed by atoms with Crippen LogP contribution in [-0.4, -0.2) is 40.2 Å². The van der Waals surface area contributed by atoms with Gasteiger partial charge in [-0.1, -0.05) is 55.5 Å². The summed E-state index contributed by atoms with van der Waals surface area (Å²) >= 11 is 0. The van der Waals surface area contributed by atoms with Crippen molar-refractivity contribution in [3.05, 3.63) is 71.9 Å². The molecular weight excluding hydrogens is 348 g/mol. The first kappa shape index (κ1) is 18.8. The number of likely N-dealkylation sites (tertiary alicyclic amines) is 1. The van der Waals surface area contributed by atoms with E-state index in [1.165, 1.54) is 5.56 Å². The lowest BCUT2D eigenvalue weighted by Gasteiger charge is -2.38. The topological polar surface area (TPSA) is 45.5 Å². The Bertz CT molecular complexity index is 948. The first-order valence-electron chi connectivity index (χ1n) is 10.3. The molecule has 1 aromatic heterocycles. The number of para-hydroxylation sites is 1. The first-order chi connectivity index (χ1) is 13.7. The van der Waals surface area contributed by atoms with Gasteiger partial charge in [-0.15, -0.1) is 0 Å². The molecule has 3 aromatic rings. The number of carbonyl (C=O) groups is 1. The zero-order valence-electron chi connectivity index (χ0n) is 16.4. The van der Waals surface area contributed by atoms with E-state index in [4.69, 9.17) is 0 Å². The van der Waals surface area contributed by atoms with Crippen LogP contribution in [0.4, 0.5) is 0 Å². The third kappa shape index (κ3) is 3.45. The maximum atomic E-state index is 13.4. The summed E-state index contributed by atoms with van der Waals surface area (Å²) in [6, 6.07) is 20.6. The van der Waals surface area contributed by atoms with Gasteiger partial charge in [0.15, 0.2) is 0 Å². The lowest BCUT2D eigenvalue weighted by atomic mass is 9.81. The quantitative estimate of drug-likeness (QED) is 0.722. The SMILES string of the molecule is CCCn1c(C(=O)N2CC[C@@H](c3ccccc3)[C@@H](CO)C2)cc2ccccc21. The largest absolute Gasteiger partial charge is 0.396 e. The van der Waals surface area contributed by atoms with Crippen molar-refractivity contribution in [2.75, 3.05) is 19.7 Å². The van der Waals surface area contributed by atoms with Gasteiger partial charge in [0.1, 0.15) is 5.69 Å². The summed E-state index contributed by atoms with van der Waals surface area (Å²) in [6.45, 7) is 4.39. The molecule has 0 spiro atoms. The molecule has 1 saturated heterocycles. The number of hydrogen-bond acceptors (Lipinski definition) is 2. The van der Waals surface area contributed by atoms with E-state index in [0.29, 0.717) is 12.5 Å². The third-order valence-electron chi connectivity index (χ3n) is 5.96. The fraction of sp³-hybridized carbons (Fsp3) is 0.375. The summed E-state index contributed by atoms with van der Waals surface area (Å²) in [6.07, 6.45) is 1.86. The van der Waals surface area contributed by atoms with Crippen LogP contribution in [0, 0.1) is 5.92 Å². The van der Waals surface area contributed by atoms with Crippen LogP contribution >= 0.6 is 0 Å². The van der Waals surface area contributed by atoms with E-state index in [2.05, 4.69) is 35.8 Å². The molecule has 1 N–H and O–H groups in total. The number of rotatable bonds is 5. The number of fused-ring (bicyclic) bond motifs is 1. The summed E-state index contributed by atoms with van der Waals surface area (Å²) in [5.74, 6) is 0.454. The zero-order valence-corrected chi connectivity index (χ0v) is 16.4. The molecule has 0 aliphatic carbocycles. The standard InChI is InChI=1S/C24H28N2O2/c1-2-13-26-22-11-7-6-10-19(22)15-23(26)24(28)25-14-12-21(20(16-25)17-27)18-8-4-3-5-9-18/h3-11,15,20-21,27H,2,12-14,16-17H2,1H3/t20-,21+/m1/s1. The Morgan fingerprint density at radius 1 is 1.11 bits per heavy atom. The monoisotopic (exact) mass is 376 g/mol. The molecule has 28 heavy (non-hydrogen) atoms. The molecule has 1 aliphatic rings. The van der Waals surface area contributed by atoms with Crippen LogP contribution in [0.1, 0.15) is 41.7 Å². The van der Waals surface area contributed by atoms with Crippen molar-refractivity contribution in [2.45, 2.75) is 32.2 Å². The van der Waals surface area contributed by atoms with Gasteiger partial charge in [-0.3, -0.25) is 4.79 Å². The number of piperidine rings is 1. The molecule has 0 unspecified atom stereocenters. The van der Waals surface area contributed by atoms with Crippen LogP contribution in [-0.2, 0) is 6.54 Å². The highest BCUT2D eigenvalue weighted by Crippen LogP contribution is 2.33. The number of aliphatic hydroxyl groups excluding tert-OH is 1. The molecule has 4 rings (SSSR count). The molecule has 1 fully saturated rings. The number of aliphatic hydroxyl groups is 1. The molecule has 1 amide bonds. The van der Waals surface area contributed by atoms with Crippen molar-refractivity contribution in [2.24, 2.45) is 5.92 Å². The number of hydrogen-bond donors (Lipinski definition) is 1. The van der Waals surface area contributed by atoms with Gasteiger partial charge >= 0.3 is 0 Å². The first-order valence-corrected chi connectivity index (χ1v) is 10.3. The number of benzene rings is 2. The average molecular weight is 377 g/mol. The maximum absolute atomic E-state index is 13.4. The molecule has 0 saturated carbocycles. The number of amides is 1. The smallest absolute Gasteiger partial charge is 0.270 e. The Hall–Kier alpha value is -2.59. The molecule has 4 heteroatoms. The summed E-state index contributed by atoms with van der Waals surface area (Å²) in [5, 5.41) is 11.1. The van der Waals surface area contributed by atoms with Crippen molar-refractivity contribution in [1.29, 1.82) is 0 Å². The van der Waals surface area contributed by atoms with Gasteiger partial charge in [0.2, 0.25) is 0 Å². The molecule has 4 nitrogen and oxygen atoms in total.